The van der Waals surface area contributed by atoms with Gasteiger partial charge in [0.15, 0.2) is 0 Å². The highest BCUT2D eigenvalue weighted by Gasteiger charge is 2.19. The molecule has 11 rings (SSSR count). The number of benzene rings is 8. The maximum atomic E-state index is 6.40. The number of hydrogen-bond donors (Lipinski definition) is 0. The molecule has 52 heavy (non-hydrogen) atoms. The van der Waals surface area contributed by atoms with Gasteiger partial charge in [-0.3, -0.25) is 0 Å². The van der Waals surface area contributed by atoms with Crippen molar-refractivity contribution in [3.05, 3.63) is 176 Å². The third-order valence-corrected chi connectivity index (χ3v) is 11.5. The van der Waals surface area contributed by atoms with Gasteiger partial charge in [0.1, 0.15) is 22.3 Å². The van der Waals surface area contributed by atoms with Crippen LogP contribution in [0.25, 0.3) is 86.3 Å². The summed E-state index contributed by atoms with van der Waals surface area (Å²) in [6.45, 7) is 0. The van der Waals surface area contributed by atoms with Gasteiger partial charge in [0, 0.05) is 54.0 Å². The summed E-state index contributed by atoms with van der Waals surface area (Å²) in [5.41, 5.74) is 11.5. The molecule has 8 aromatic carbocycles. The number of fused-ring (bicyclic) bond motifs is 9. The van der Waals surface area contributed by atoms with Crippen molar-refractivity contribution in [1.29, 1.82) is 0 Å². The molecule has 0 saturated carbocycles. The molecule has 0 aliphatic heterocycles. The van der Waals surface area contributed by atoms with Gasteiger partial charge >= 0.3 is 0 Å². The SMILES string of the molecule is c1ccc2c(c1)oc1ccc(-c3ccc(N(c4ccc(-c5cccc6c5oc5ccccc56)cc4)c4cccc5c4sc4ccccc45)cc3)cc12. The third-order valence-electron chi connectivity index (χ3n) is 10.3. The van der Waals surface area contributed by atoms with E-state index in [0.717, 1.165) is 83.2 Å². The zero-order valence-corrected chi connectivity index (χ0v) is 28.7. The Morgan fingerprint density at radius 1 is 0.385 bits per heavy atom. The first kappa shape index (κ1) is 29.1. The zero-order chi connectivity index (χ0) is 34.2. The standard InChI is InChI=1S/C48H29NO2S/c1-5-17-44-36(9-1)39-13-7-12-35(47(39)51-44)31-21-26-34(27-22-31)49(42-15-8-14-40-38-11-3-6-18-46(38)52-48(40)42)33-24-19-30(20-25-33)32-23-28-45-41(29-32)37-10-2-4-16-43(37)50-45/h1-29H. The lowest BCUT2D eigenvalue weighted by atomic mass is 10.0. The first-order valence-corrected chi connectivity index (χ1v) is 18.3. The molecule has 0 bridgehead atoms. The summed E-state index contributed by atoms with van der Waals surface area (Å²) in [5, 5.41) is 7.10. The topological polar surface area (TPSA) is 29.5 Å². The van der Waals surface area contributed by atoms with Crippen LogP contribution >= 0.6 is 11.3 Å². The number of thiophene rings is 1. The predicted molar refractivity (Wildman–Crippen MR) is 219 cm³/mol. The molecule has 3 nitrogen and oxygen atoms in total. The van der Waals surface area contributed by atoms with Gasteiger partial charge in [0.2, 0.25) is 0 Å². The van der Waals surface area contributed by atoms with E-state index in [1.807, 2.05) is 35.6 Å². The van der Waals surface area contributed by atoms with Crippen molar-refractivity contribution in [2.45, 2.75) is 0 Å². The van der Waals surface area contributed by atoms with Crippen LogP contribution in [-0.2, 0) is 0 Å². The molecule has 3 heterocycles. The quantitative estimate of drug-likeness (QED) is 0.181. The van der Waals surface area contributed by atoms with E-state index in [9.17, 15) is 0 Å². The Balaban J connectivity index is 1.04. The molecule has 0 amide bonds. The second-order valence-electron chi connectivity index (χ2n) is 13.3. The minimum Gasteiger partial charge on any atom is -0.456 e. The van der Waals surface area contributed by atoms with E-state index in [0.29, 0.717) is 0 Å². The van der Waals surface area contributed by atoms with Crippen molar-refractivity contribution in [3.63, 3.8) is 0 Å². The largest absolute Gasteiger partial charge is 0.456 e. The van der Waals surface area contributed by atoms with E-state index in [-0.39, 0.29) is 0 Å². The minimum atomic E-state index is 0.907. The summed E-state index contributed by atoms with van der Waals surface area (Å²) in [5.74, 6) is 0. The van der Waals surface area contributed by atoms with Gasteiger partial charge in [-0.05, 0) is 77.4 Å². The Hall–Kier alpha value is -6.62. The Morgan fingerprint density at radius 3 is 1.75 bits per heavy atom. The molecule has 0 fully saturated rings. The second-order valence-corrected chi connectivity index (χ2v) is 14.3. The lowest BCUT2D eigenvalue weighted by Crippen LogP contribution is -2.10. The summed E-state index contributed by atoms with van der Waals surface area (Å²) in [7, 11) is 0. The second kappa shape index (κ2) is 11.5. The van der Waals surface area contributed by atoms with Gasteiger partial charge in [-0.2, -0.15) is 0 Å². The molecule has 0 radical (unpaired) electrons. The lowest BCUT2D eigenvalue weighted by Gasteiger charge is -2.26. The molecule has 244 valence electrons. The molecule has 4 heteroatoms. The third kappa shape index (κ3) is 4.51. The van der Waals surface area contributed by atoms with Gasteiger partial charge in [0.25, 0.3) is 0 Å². The fourth-order valence-corrected chi connectivity index (χ4v) is 9.02. The lowest BCUT2D eigenvalue weighted by molar-refractivity contribution is 0.669. The summed E-state index contributed by atoms with van der Waals surface area (Å²) in [4.78, 5) is 2.39. The Kier molecular flexibility index (Phi) is 6.42. The summed E-state index contributed by atoms with van der Waals surface area (Å²) >= 11 is 1.85. The van der Waals surface area contributed by atoms with Crippen molar-refractivity contribution in [2.24, 2.45) is 0 Å². The molecule has 0 saturated heterocycles. The zero-order valence-electron chi connectivity index (χ0n) is 27.9. The molecular weight excluding hydrogens is 655 g/mol. The number of nitrogens with zero attached hydrogens (tertiary/aromatic N) is 1. The molecule has 0 atom stereocenters. The van der Waals surface area contributed by atoms with Crippen molar-refractivity contribution in [3.8, 4) is 22.3 Å². The van der Waals surface area contributed by atoms with Gasteiger partial charge < -0.3 is 13.7 Å². The molecule has 0 spiro atoms. The van der Waals surface area contributed by atoms with E-state index in [1.54, 1.807) is 0 Å². The Labute approximate surface area is 303 Å². The number of rotatable bonds is 5. The number of anilines is 3. The van der Waals surface area contributed by atoms with Crippen LogP contribution in [-0.4, -0.2) is 0 Å². The highest BCUT2D eigenvalue weighted by atomic mass is 32.1. The van der Waals surface area contributed by atoms with Crippen LogP contribution in [0.2, 0.25) is 0 Å². The maximum Gasteiger partial charge on any atom is 0.143 e. The van der Waals surface area contributed by atoms with Gasteiger partial charge in [0.05, 0.1) is 10.4 Å². The Morgan fingerprint density at radius 2 is 0.962 bits per heavy atom. The van der Waals surface area contributed by atoms with E-state index in [2.05, 4.69) is 157 Å². The van der Waals surface area contributed by atoms with Crippen molar-refractivity contribution in [1.82, 2.24) is 0 Å². The van der Waals surface area contributed by atoms with E-state index in [1.165, 1.54) is 20.2 Å². The molecule has 0 aliphatic carbocycles. The molecule has 0 aliphatic rings. The summed E-state index contributed by atoms with van der Waals surface area (Å²) in [6, 6.07) is 62.6. The number of furan rings is 2. The van der Waals surface area contributed by atoms with Crippen LogP contribution in [0.15, 0.2) is 185 Å². The van der Waals surface area contributed by atoms with Gasteiger partial charge in [-0.15, -0.1) is 11.3 Å². The molecule has 11 aromatic rings. The van der Waals surface area contributed by atoms with Crippen LogP contribution in [0.5, 0.6) is 0 Å². The molecule has 0 N–H and O–H groups in total. The van der Waals surface area contributed by atoms with E-state index >= 15 is 0 Å². The number of hydrogen-bond acceptors (Lipinski definition) is 4. The first-order valence-electron chi connectivity index (χ1n) is 17.5. The van der Waals surface area contributed by atoms with Crippen LogP contribution in [0.3, 0.4) is 0 Å². The predicted octanol–water partition coefficient (Wildman–Crippen LogP) is 14.7. The smallest absolute Gasteiger partial charge is 0.143 e. The van der Waals surface area contributed by atoms with Crippen LogP contribution in [0.4, 0.5) is 17.1 Å². The monoisotopic (exact) mass is 683 g/mol. The number of para-hydroxylation sites is 3. The van der Waals surface area contributed by atoms with Gasteiger partial charge in [-0.25, -0.2) is 0 Å². The fraction of sp³-hybridized carbons (Fsp3) is 0. The summed E-state index contributed by atoms with van der Waals surface area (Å²) in [6.07, 6.45) is 0. The van der Waals surface area contributed by atoms with Crippen LogP contribution < -0.4 is 4.90 Å². The average Bonchev–Trinajstić information content (AvgIpc) is 3.90. The average molecular weight is 684 g/mol. The molecule has 3 aromatic heterocycles. The van der Waals surface area contributed by atoms with Crippen LogP contribution in [0, 0.1) is 0 Å². The normalized spacial score (nSPS) is 11.8. The van der Waals surface area contributed by atoms with Crippen molar-refractivity contribution < 1.29 is 8.83 Å². The maximum absolute atomic E-state index is 6.40. The molecular formula is C48H29NO2S. The Bertz CT molecular complexity index is 3130. The molecule has 0 unspecified atom stereocenters. The van der Waals surface area contributed by atoms with E-state index < -0.39 is 0 Å². The van der Waals surface area contributed by atoms with E-state index in [4.69, 9.17) is 8.83 Å². The summed E-state index contributed by atoms with van der Waals surface area (Å²) < 4.78 is 15.1. The van der Waals surface area contributed by atoms with Crippen molar-refractivity contribution >= 4 is 92.4 Å². The minimum absolute atomic E-state index is 0.907. The van der Waals surface area contributed by atoms with Crippen LogP contribution in [0.1, 0.15) is 0 Å². The highest BCUT2D eigenvalue weighted by Crippen LogP contribution is 2.46. The fourth-order valence-electron chi connectivity index (χ4n) is 7.81. The van der Waals surface area contributed by atoms with Gasteiger partial charge in [-0.1, -0.05) is 115 Å². The van der Waals surface area contributed by atoms with Crippen molar-refractivity contribution in [2.75, 3.05) is 4.90 Å². The highest BCUT2D eigenvalue weighted by molar-refractivity contribution is 7.26. The first-order chi connectivity index (χ1) is 25.8.